The van der Waals surface area contributed by atoms with Gasteiger partial charge in [0.05, 0.1) is 25.5 Å². The molecule has 3 aliphatic rings. The second-order valence-electron chi connectivity index (χ2n) is 10.5. The van der Waals surface area contributed by atoms with Crippen molar-refractivity contribution in [1.29, 1.82) is 0 Å². The summed E-state index contributed by atoms with van der Waals surface area (Å²) in [7, 11) is 0. The van der Waals surface area contributed by atoms with Crippen molar-refractivity contribution in [2.75, 3.05) is 54.5 Å². The maximum Gasteiger partial charge on any atom is 0.255 e. The molecule has 9 nitrogen and oxygen atoms in total. The normalized spacial score (nSPS) is 17.4. The molecular weight excluding hydrogens is 504 g/mol. The topological polar surface area (TPSA) is 90.9 Å². The monoisotopic (exact) mass is 538 g/mol. The van der Waals surface area contributed by atoms with Gasteiger partial charge in [0.2, 0.25) is 5.91 Å². The van der Waals surface area contributed by atoms with Crippen LogP contribution in [-0.4, -0.2) is 66.1 Å². The number of fused-ring (bicyclic) bond motifs is 1. The number of piperidine rings is 1. The molecule has 0 atom stereocenters. The van der Waals surface area contributed by atoms with Crippen LogP contribution in [-0.2, 0) is 22.6 Å². The number of benzene rings is 2. The number of anilines is 3. The van der Waals surface area contributed by atoms with Crippen molar-refractivity contribution >= 4 is 29.0 Å². The molecule has 6 rings (SSSR count). The first-order valence-corrected chi connectivity index (χ1v) is 13.9. The predicted octanol–water partition coefficient (Wildman–Crippen LogP) is 3.98. The lowest BCUT2D eigenvalue weighted by molar-refractivity contribution is -0.127. The van der Waals surface area contributed by atoms with Gasteiger partial charge in [-0.25, -0.2) is 9.97 Å². The Balaban J connectivity index is 1.05. The largest absolute Gasteiger partial charge is 0.378 e. The van der Waals surface area contributed by atoms with Crippen molar-refractivity contribution < 1.29 is 14.3 Å². The maximum atomic E-state index is 12.9. The first kappa shape index (κ1) is 26.0. The molecule has 0 radical (unpaired) electrons. The molecule has 3 aromatic rings. The van der Waals surface area contributed by atoms with Crippen LogP contribution in [0.25, 0.3) is 0 Å². The zero-order chi connectivity index (χ0) is 27.5. The van der Waals surface area contributed by atoms with Crippen LogP contribution in [0, 0.1) is 0 Å². The standard InChI is InChI=1S/C31H34N6O3/c1-2-29(38)35-13-11-23(12-14-35)22-3-5-24(6-4-22)31(39)34-25-7-9-26(10-8-25)37-19-27-28(20-37)32-21-33-30(27)36-15-17-40-18-16-36/h2-10,21,23H,1,11-20H2,(H,34,39). The Morgan fingerprint density at radius 2 is 1.62 bits per heavy atom. The number of rotatable bonds is 6. The number of nitrogens with zero attached hydrogens (tertiary/aromatic N) is 5. The van der Waals surface area contributed by atoms with Gasteiger partial charge >= 0.3 is 0 Å². The Morgan fingerprint density at radius 1 is 0.900 bits per heavy atom. The minimum atomic E-state index is -0.135. The van der Waals surface area contributed by atoms with E-state index in [-0.39, 0.29) is 11.8 Å². The van der Waals surface area contributed by atoms with E-state index in [1.165, 1.54) is 17.2 Å². The quantitative estimate of drug-likeness (QED) is 0.475. The molecule has 9 heteroatoms. The molecule has 3 aliphatic heterocycles. The van der Waals surface area contributed by atoms with Crippen molar-refractivity contribution in [1.82, 2.24) is 14.9 Å². The Morgan fingerprint density at radius 3 is 2.33 bits per heavy atom. The Bertz CT molecular complexity index is 1380. The molecule has 0 spiro atoms. The highest BCUT2D eigenvalue weighted by molar-refractivity contribution is 6.04. The first-order valence-electron chi connectivity index (χ1n) is 13.9. The van der Waals surface area contributed by atoms with Crippen LogP contribution in [0.1, 0.15) is 45.9 Å². The fourth-order valence-electron chi connectivity index (χ4n) is 5.82. The molecular formula is C31H34N6O3. The third-order valence-corrected chi connectivity index (χ3v) is 8.13. The minimum Gasteiger partial charge on any atom is -0.378 e. The van der Waals surface area contributed by atoms with Crippen LogP contribution < -0.4 is 15.1 Å². The molecule has 4 heterocycles. The van der Waals surface area contributed by atoms with E-state index in [4.69, 9.17) is 4.74 Å². The molecule has 0 saturated carbocycles. The third-order valence-electron chi connectivity index (χ3n) is 8.13. The summed E-state index contributed by atoms with van der Waals surface area (Å²) in [4.78, 5) is 40.3. The molecule has 206 valence electrons. The van der Waals surface area contributed by atoms with E-state index in [9.17, 15) is 9.59 Å². The number of nitrogens with one attached hydrogen (secondary N) is 1. The van der Waals surface area contributed by atoms with Gasteiger partial charge < -0.3 is 24.8 Å². The number of hydrogen-bond donors (Lipinski definition) is 1. The highest BCUT2D eigenvalue weighted by atomic mass is 16.5. The highest BCUT2D eigenvalue weighted by Crippen LogP contribution is 2.33. The Labute approximate surface area is 234 Å². The van der Waals surface area contributed by atoms with Gasteiger partial charge in [-0.3, -0.25) is 9.59 Å². The molecule has 1 aromatic heterocycles. The molecule has 0 unspecified atom stereocenters. The van der Waals surface area contributed by atoms with Gasteiger partial charge in [0.15, 0.2) is 0 Å². The van der Waals surface area contributed by atoms with Crippen LogP contribution in [0.15, 0.2) is 67.5 Å². The lowest BCUT2D eigenvalue weighted by Crippen LogP contribution is -2.37. The zero-order valence-electron chi connectivity index (χ0n) is 22.6. The van der Waals surface area contributed by atoms with Crippen molar-refractivity contribution in [2.24, 2.45) is 0 Å². The van der Waals surface area contributed by atoms with Gasteiger partial charge in [-0.1, -0.05) is 18.7 Å². The molecule has 0 bridgehead atoms. The zero-order valence-corrected chi connectivity index (χ0v) is 22.6. The second-order valence-corrected chi connectivity index (χ2v) is 10.5. The van der Waals surface area contributed by atoms with Crippen LogP contribution in [0.5, 0.6) is 0 Å². The number of aromatic nitrogens is 2. The van der Waals surface area contributed by atoms with Gasteiger partial charge in [-0.2, -0.15) is 0 Å². The molecule has 1 N–H and O–H groups in total. The highest BCUT2D eigenvalue weighted by Gasteiger charge is 2.27. The van der Waals surface area contributed by atoms with Crippen LogP contribution in [0.4, 0.5) is 17.2 Å². The third kappa shape index (κ3) is 5.42. The number of ether oxygens (including phenoxy) is 1. The van der Waals surface area contributed by atoms with Gasteiger partial charge in [0.1, 0.15) is 12.1 Å². The number of hydrogen-bond acceptors (Lipinski definition) is 7. The number of likely N-dealkylation sites (tertiary alicyclic amines) is 1. The molecule has 2 saturated heterocycles. The van der Waals surface area contributed by atoms with E-state index in [1.54, 1.807) is 6.33 Å². The van der Waals surface area contributed by atoms with E-state index >= 15 is 0 Å². The van der Waals surface area contributed by atoms with E-state index in [1.807, 2.05) is 53.4 Å². The van der Waals surface area contributed by atoms with Gasteiger partial charge in [-0.05, 0) is 66.8 Å². The molecule has 2 aromatic carbocycles. The molecule has 2 fully saturated rings. The second kappa shape index (κ2) is 11.5. The molecule has 40 heavy (non-hydrogen) atoms. The summed E-state index contributed by atoms with van der Waals surface area (Å²) in [5.74, 6) is 1.27. The summed E-state index contributed by atoms with van der Waals surface area (Å²) in [6.45, 7) is 9.67. The van der Waals surface area contributed by atoms with Gasteiger partial charge in [-0.15, -0.1) is 0 Å². The SMILES string of the molecule is C=CC(=O)N1CCC(c2ccc(C(=O)Nc3ccc(N4Cc5ncnc(N6CCOCC6)c5C4)cc3)cc2)CC1. The van der Waals surface area contributed by atoms with Gasteiger partial charge in [0.25, 0.3) is 5.91 Å². The van der Waals surface area contributed by atoms with Crippen molar-refractivity contribution in [3.05, 3.63) is 89.9 Å². The van der Waals surface area contributed by atoms with E-state index < -0.39 is 0 Å². The minimum absolute atomic E-state index is 0.00347. The number of amides is 2. The summed E-state index contributed by atoms with van der Waals surface area (Å²) in [5, 5.41) is 3.02. The molecule has 2 amide bonds. The van der Waals surface area contributed by atoms with Crippen LogP contribution in [0.2, 0.25) is 0 Å². The Hall–Kier alpha value is -4.24. The first-order chi connectivity index (χ1) is 19.6. The fourth-order valence-corrected chi connectivity index (χ4v) is 5.82. The average molecular weight is 539 g/mol. The Kier molecular flexibility index (Phi) is 7.46. The van der Waals surface area contributed by atoms with Crippen LogP contribution in [0.3, 0.4) is 0 Å². The van der Waals surface area contributed by atoms with E-state index in [2.05, 4.69) is 31.7 Å². The summed E-state index contributed by atoms with van der Waals surface area (Å²) in [6.07, 6.45) is 4.87. The summed E-state index contributed by atoms with van der Waals surface area (Å²) in [5.41, 5.74) is 5.90. The smallest absolute Gasteiger partial charge is 0.255 e. The van der Waals surface area contributed by atoms with Crippen molar-refractivity contribution in [3.63, 3.8) is 0 Å². The number of carbonyl (C=O) groups is 2. The predicted molar refractivity (Wildman–Crippen MR) is 155 cm³/mol. The lowest BCUT2D eigenvalue weighted by Gasteiger charge is -2.31. The summed E-state index contributed by atoms with van der Waals surface area (Å²) in [6, 6.07) is 15.8. The van der Waals surface area contributed by atoms with Crippen molar-refractivity contribution in [2.45, 2.75) is 31.8 Å². The molecule has 0 aliphatic carbocycles. The maximum absolute atomic E-state index is 12.9. The van der Waals surface area contributed by atoms with Crippen LogP contribution >= 0.6 is 0 Å². The number of carbonyl (C=O) groups excluding carboxylic acids is 2. The summed E-state index contributed by atoms with van der Waals surface area (Å²) < 4.78 is 5.50. The summed E-state index contributed by atoms with van der Waals surface area (Å²) >= 11 is 0. The van der Waals surface area contributed by atoms with Crippen molar-refractivity contribution in [3.8, 4) is 0 Å². The average Bonchev–Trinajstić information content (AvgIpc) is 3.46. The van der Waals surface area contributed by atoms with E-state index in [0.717, 1.165) is 88.2 Å². The fraction of sp³-hybridized carbons (Fsp3) is 0.355. The lowest BCUT2D eigenvalue weighted by atomic mass is 9.89. The van der Waals surface area contributed by atoms with E-state index in [0.29, 0.717) is 11.5 Å². The van der Waals surface area contributed by atoms with Gasteiger partial charge in [0, 0.05) is 55.2 Å². The number of morpholine rings is 1.